The van der Waals surface area contributed by atoms with Crippen molar-refractivity contribution < 1.29 is 33.0 Å². The van der Waals surface area contributed by atoms with Gasteiger partial charge in [0.2, 0.25) is 0 Å². The van der Waals surface area contributed by atoms with E-state index in [1.165, 1.54) is 7.11 Å². The third-order valence-electron chi connectivity index (χ3n) is 3.28. The fraction of sp³-hybridized carbons (Fsp3) is 0.444. The molecule has 25 heavy (non-hydrogen) atoms. The van der Waals surface area contributed by atoms with E-state index in [2.05, 4.69) is 0 Å². The zero-order valence-electron chi connectivity index (χ0n) is 14.8. The van der Waals surface area contributed by atoms with E-state index in [1.807, 2.05) is 0 Å². The van der Waals surface area contributed by atoms with Gasteiger partial charge in [0, 0.05) is 12.5 Å². The zero-order valence-corrected chi connectivity index (χ0v) is 14.8. The van der Waals surface area contributed by atoms with E-state index in [4.69, 9.17) is 23.4 Å². The molecule has 1 aromatic carbocycles. The highest BCUT2D eigenvalue weighted by molar-refractivity contribution is 6.04. The van der Waals surface area contributed by atoms with Crippen LogP contribution in [0.5, 0.6) is 5.75 Å². The molecule has 0 bridgehead atoms. The van der Waals surface area contributed by atoms with Crippen molar-refractivity contribution in [3.05, 3.63) is 29.5 Å². The summed E-state index contributed by atoms with van der Waals surface area (Å²) in [6.45, 7) is 5.46. The first-order valence-corrected chi connectivity index (χ1v) is 7.94. The van der Waals surface area contributed by atoms with Gasteiger partial charge in [0.1, 0.15) is 29.3 Å². The minimum atomic E-state index is -0.496. The van der Waals surface area contributed by atoms with Crippen LogP contribution in [0.2, 0.25) is 0 Å². The van der Waals surface area contributed by atoms with Crippen LogP contribution in [-0.4, -0.2) is 45.0 Å². The highest BCUT2D eigenvalue weighted by Crippen LogP contribution is 2.29. The number of benzene rings is 1. The molecule has 1 aromatic heterocycles. The lowest BCUT2D eigenvalue weighted by Gasteiger charge is -2.09. The lowest BCUT2D eigenvalue weighted by atomic mass is 10.1. The van der Waals surface area contributed by atoms with Gasteiger partial charge in [-0.25, -0.2) is 9.59 Å². The summed E-state index contributed by atoms with van der Waals surface area (Å²) in [5.41, 5.74) is 0.870. The maximum Gasteiger partial charge on any atom is 0.344 e. The Balaban J connectivity index is 2.16. The van der Waals surface area contributed by atoms with Crippen molar-refractivity contribution in [2.24, 2.45) is 0 Å². The average molecular weight is 350 g/mol. The summed E-state index contributed by atoms with van der Waals surface area (Å²) in [4.78, 5) is 23.8. The van der Waals surface area contributed by atoms with E-state index in [-0.39, 0.29) is 19.3 Å². The van der Waals surface area contributed by atoms with Gasteiger partial charge < -0.3 is 23.4 Å². The van der Waals surface area contributed by atoms with E-state index in [1.54, 1.807) is 39.0 Å². The number of hydrogen-bond acceptors (Lipinski definition) is 7. The maximum atomic E-state index is 12.3. The fourth-order valence-corrected chi connectivity index (χ4v) is 2.27. The lowest BCUT2D eigenvalue weighted by Crippen LogP contribution is -2.18. The molecule has 0 atom stereocenters. The van der Waals surface area contributed by atoms with Crippen molar-refractivity contribution in [1.82, 2.24) is 0 Å². The van der Waals surface area contributed by atoms with Gasteiger partial charge in [-0.3, -0.25) is 0 Å². The Labute approximate surface area is 145 Å². The molecule has 0 aliphatic heterocycles. The minimum absolute atomic E-state index is 0.151. The first kappa shape index (κ1) is 18.8. The topological polar surface area (TPSA) is 84.2 Å². The molecule has 7 nitrogen and oxygen atoms in total. The Morgan fingerprint density at radius 2 is 1.96 bits per heavy atom. The molecule has 0 saturated heterocycles. The Hall–Kier alpha value is -2.54. The summed E-state index contributed by atoms with van der Waals surface area (Å²) in [5, 5.41) is 0.564. The van der Waals surface area contributed by atoms with Crippen LogP contribution < -0.4 is 4.74 Å². The van der Waals surface area contributed by atoms with Crippen LogP contribution in [0, 0.1) is 6.92 Å². The van der Waals surface area contributed by atoms with Gasteiger partial charge in [0.05, 0.1) is 12.7 Å². The second kappa shape index (κ2) is 8.53. The van der Waals surface area contributed by atoms with Gasteiger partial charge in [0.25, 0.3) is 0 Å². The summed E-state index contributed by atoms with van der Waals surface area (Å²) < 4.78 is 26.0. The molecule has 0 amide bonds. The van der Waals surface area contributed by atoms with Gasteiger partial charge in [0.15, 0.2) is 6.61 Å². The van der Waals surface area contributed by atoms with Gasteiger partial charge in [-0.15, -0.1) is 0 Å². The third-order valence-corrected chi connectivity index (χ3v) is 3.28. The molecular weight excluding hydrogens is 328 g/mol. The van der Waals surface area contributed by atoms with E-state index < -0.39 is 11.9 Å². The third kappa shape index (κ3) is 4.96. The minimum Gasteiger partial charge on any atom is -0.482 e. The SMILES string of the molecule is COCCOC(=O)c1c(C)oc2ccc(OCC(=O)OC(C)C)cc12. The number of carbonyl (C=O) groups excluding carboxylic acids is 2. The Kier molecular flexibility index (Phi) is 6.41. The predicted molar refractivity (Wildman–Crippen MR) is 89.8 cm³/mol. The molecule has 0 N–H and O–H groups in total. The molecule has 2 aromatic rings. The number of fused-ring (bicyclic) bond motifs is 1. The molecule has 0 aliphatic rings. The molecule has 136 valence electrons. The molecule has 7 heteroatoms. The fourth-order valence-electron chi connectivity index (χ4n) is 2.27. The van der Waals surface area contributed by atoms with Crippen LogP contribution in [0.25, 0.3) is 11.0 Å². The van der Waals surface area contributed by atoms with Gasteiger partial charge in [-0.05, 0) is 39.0 Å². The quantitative estimate of drug-likeness (QED) is 0.534. The second-order valence-corrected chi connectivity index (χ2v) is 5.65. The first-order valence-electron chi connectivity index (χ1n) is 7.94. The van der Waals surface area contributed by atoms with Crippen molar-refractivity contribution in [2.75, 3.05) is 26.9 Å². The summed E-state index contributed by atoms with van der Waals surface area (Å²) in [6, 6.07) is 4.98. The van der Waals surface area contributed by atoms with Crippen molar-refractivity contribution in [3.8, 4) is 5.75 Å². The highest BCUT2D eigenvalue weighted by atomic mass is 16.6. The summed E-state index contributed by atoms with van der Waals surface area (Å²) in [5.74, 6) is -0.0731. The molecule has 0 saturated carbocycles. The van der Waals surface area contributed by atoms with Gasteiger partial charge >= 0.3 is 11.9 Å². The number of furan rings is 1. The number of ether oxygens (including phenoxy) is 4. The molecule has 2 rings (SSSR count). The monoisotopic (exact) mass is 350 g/mol. The van der Waals surface area contributed by atoms with Crippen LogP contribution >= 0.6 is 0 Å². The standard InChI is InChI=1S/C18H22O7/c1-11(2)24-16(19)10-23-13-5-6-15-14(9-13)17(12(3)25-15)18(20)22-8-7-21-4/h5-6,9,11H,7-8,10H2,1-4H3. The molecule has 0 fully saturated rings. The Bertz CT molecular complexity index is 745. The number of esters is 2. The normalized spacial score (nSPS) is 10.9. The molecule has 0 unspecified atom stereocenters. The summed E-state index contributed by atoms with van der Waals surface area (Å²) >= 11 is 0. The number of methoxy groups -OCH3 is 1. The average Bonchev–Trinajstić information content (AvgIpc) is 2.87. The van der Waals surface area contributed by atoms with Crippen molar-refractivity contribution in [3.63, 3.8) is 0 Å². The van der Waals surface area contributed by atoms with E-state index in [9.17, 15) is 9.59 Å². The van der Waals surface area contributed by atoms with E-state index >= 15 is 0 Å². The number of carbonyl (C=O) groups is 2. The van der Waals surface area contributed by atoms with Gasteiger partial charge in [-0.1, -0.05) is 0 Å². The summed E-state index contributed by atoms with van der Waals surface area (Å²) in [7, 11) is 1.53. The number of hydrogen-bond donors (Lipinski definition) is 0. The number of aryl methyl sites for hydroxylation is 1. The molecule has 0 spiro atoms. The maximum absolute atomic E-state index is 12.3. The second-order valence-electron chi connectivity index (χ2n) is 5.65. The Morgan fingerprint density at radius 1 is 1.20 bits per heavy atom. The smallest absolute Gasteiger partial charge is 0.344 e. The van der Waals surface area contributed by atoms with Gasteiger partial charge in [-0.2, -0.15) is 0 Å². The van der Waals surface area contributed by atoms with Crippen LogP contribution in [-0.2, 0) is 19.0 Å². The van der Waals surface area contributed by atoms with Crippen molar-refractivity contribution in [1.29, 1.82) is 0 Å². The van der Waals surface area contributed by atoms with E-state index in [0.29, 0.717) is 34.6 Å². The largest absolute Gasteiger partial charge is 0.482 e. The van der Waals surface area contributed by atoms with Crippen LogP contribution in [0.4, 0.5) is 0 Å². The summed E-state index contributed by atoms with van der Waals surface area (Å²) in [6.07, 6.45) is -0.205. The molecule has 1 heterocycles. The van der Waals surface area contributed by atoms with E-state index in [0.717, 1.165) is 0 Å². The van der Waals surface area contributed by atoms with Crippen LogP contribution in [0.15, 0.2) is 22.6 Å². The predicted octanol–water partition coefficient (Wildman–Crippen LogP) is 2.87. The lowest BCUT2D eigenvalue weighted by molar-refractivity contribution is -0.149. The zero-order chi connectivity index (χ0) is 18.4. The van der Waals surface area contributed by atoms with Crippen LogP contribution in [0.3, 0.4) is 0 Å². The molecular formula is C18H22O7. The van der Waals surface area contributed by atoms with Crippen LogP contribution in [0.1, 0.15) is 30.0 Å². The first-order chi connectivity index (χ1) is 11.9. The number of rotatable bonds is 8. The Morgan fingerprint density at radius 3 is 2.64 bits per heavy atom. The van der Waals surface area contributed by atoms with Crippen molar-refractivity contribution >= 4 is 22.9 Å². The van der Waals surface area contributed by atoms with Crippen molar-refractivity contribution in [2.45, 2.75) is 26.9 Å². The highest BCUT2D eigenvalue weighted by Gasteiger charge is 2.20. The molecule has 0 radical (unpaired) electrons. The molecule has 0 aliphatic carbocycles.